The molecule has 1 fully saturated rings. The highest BCUT2D eigenvalue weighted by Gasteiger charge is 2.20. The quantitative estimate of drug-likeness (QED) is 0.536. The van der Waals surface area contributed by atoms with Crippen LogP contribution in [0.2, 0.25) is 0 Å². The minimum absolute atomic E-state index is 0.0710. The van der Waals surface area contributed by atoms with Crippen molar-refractivity contribution in [3.8, 4) is 0 Å². The fraction of sp³-hybridized carbons (Fsp3) is 0.900. The van der Waals surface area contributed by atoms with Crippen LogP contribution >= 0.6 is 0 Å². The van der Waals surface area contributed by atoms with Gasteiger partial charge in [-0.15, -0.1) is 0 Å². The van der Waals surface area contributed by atoms with Gasteiger partial charge in [0.25, 0.3) is 0 Å². The van der Waals surface area contributed by atoms with Gasteiger partial charge in [0.1, 0.15) is 6.61 Å². The summed E-state index contributed by atoms with van der Waals surface area (Å²) < 4.78 is 4.90. The summed E-state index contributed by atoms with van der Waals surface area (Å²) in [6.45, 7) is 0.0772. The van der Waals surface area contributed by atoms with Crippen molar-refractivity contribution >= 4 is 5.97 Å². The van der Waals surface area contributed by atoms with Crippen LogP contribution in [0.25, 0.3) is 0 Å². The first-order chi connectivity index (χ1) is 6.34. The lowest BCUT2D eigenvalue weighted by atomic mass is 10.0. The van der Waals surface area contributed by atoms with Crippen LogP contribution in [-0.4, -0.2) is 24.3 Å². The molecule has 3 heteroatoms. The lowest BCUT2D eigenvalue weighted by Crippen LogP contribution is -2.18. The Bertz CT molecular complexity index is 148. The molecule has 76 valence electrons. The second-order valence-corrected chi connectivity index (χ2v) is 3.58. The Kier molecular flexibility index (Phi) is 4.83. The summed E-state index contributed by atoms with van der Waals surface area (Å²) in [5.74, 6) is -0.0231. The van der Waals surface area contributed by atoms with Crippen LogP contribution in [0.15, 0.2) is 0 Å². The molecule has 0 spiro atoms. The van der Waals surface area contributed by atoms with E-state index in [-0.39, 0.29) is 25.1 Å². The molecule has 0 bridgehead atoms. The molecule has 0 atom stereocenters. The summed E-state index contributed by atoms with van der Waals surface area (Å²) in [6.07, 6.45) is 6.68. The van der Waals surface area contributed by atoms with Gasteiger partial charge in [-0.25, -0.2) is 0 Å². The number of hydrogen-bond acceptors (Lipinski definition) is 3. The number of hydrogen-bond donors (Lipinski definition) is 1. The maximum atomic E-state index is 11.4. The first-order valence-corrected chi connectivity index (χ1v) is 5.12. The van der Waals surface area contributed by atoms with E-state index >= 15 is 0 Å². The van der Waals surface area contributed by atoms with Gasteiger partial charge >= 0.3 is 5.97 Å². The van der Waals surface area contributed by atoms with Crippen molar-refractivity contribution in [1.82, 2.24) is 0 Å². The maximum absolute atomic E-state index is 11.4. The Balaban J connectivity index is 2.26. The molecular weight excluding hydrogens is 168 g/mol. The van der Waals surface area contributed by atoms with Crippen molar-refractivity contribution < 1.29 is 14.6 Å². The summed E-state index contributed by atoms with van der Waals surface area (Å²) in [7, 11) is 0. The molecule has 1 aliphatic rings. The summed E-state index contributed by atoms with van der Waals surface area (Å²) >= 11 is 0. The number of rotatable bonds is 3. The van der Waals surface area contributed by atoms with E-state index in [1.165, 1.54) is 12.8 Å². The van der Waals surface area contributed by atoms with Crippen LogP contribution in [0.5, 0.6) is 0 Å². The second kappa shape index (κ2) is 5.97. The summed E-state index contributed by atoms with van der Waals surface area (Å²) in [4.78, 5) is 11.4. The highest BCUT2D eigenvalue weighted by Crippen LogP contribution is 2.23. The molecule has 0 amide bonds. The van der Waals surface area contributed by atoms with Crippen LogP contribution in [-0.2, 0) is 9.53 Å². The van der Waals surface area contributed by atoms with Crippen LogP contribution in [0, 0.1) is 5.92 Å². The molecule has 0 aromatic carbocycles. The second-order valence-electron chi connectivity index (χ2n) is 3.58. The third-order valence-electron chi connectivity index (χ3n) is 2.52. The van der Waals surface area contributed by atoms with Crippen molar-refractivity contribution in [1.29, 1.82) is 0 Å². The molecule has 0 radical (unpaired) electrons. The Morgan fingerprint density at radius 3 is 2.38 bits per heavy atom. The van der Waals surface area contributed by atoms with Crippen LogP contribution in [0.4, 0.5) is 0 Å². The van der Waals surface area contributed by atoms with Gasteiger partial charge in [0.05, 0.1) is 12.5 Å². The van der Waals surface area contributed by atoms with E-state index in [4.69, 9.17) is 9.84 Å². The van der Waals surface area contributed by atoms with Crippen LogP contribution < -0.4 is 0 Å². The zero-order valence-corrected chi connectivity index (χ0v) is 8.00. The number of aliphatic hydroxyl groups excluding tert-OH is 1. The molecule has 3 nitrogen and oxygen atoms in total. The molecule has 0 aromatic rings. The van der Waals surface area contributed by atoms with E-state index in [1.807, 2.05) is 0 Å². The summed E-state index contributed by atoms with van der Waals surface area (Å²) in [5.41, 5.74) is 0. The molecule has 0 heterocycles. The van der Waals surface area contributed by atoms with E-state index in [0.717, 1.165) is 25.7 Å². The average Bonchev–Trinajstić information content (AvgIpc) is 2.42. The largest absolute Gasteiger partial charge is 0.463 e. The topological polar surface area (TPSA) is 46.5 Å². The minimum Gasteiger partial charge on any atom is -0.463 e. The lowest BCUT2D eigenvalue weighted by molar-refractivity contribution is -0.150. The monoisotopic (exact) mass is 186 g/mol. The minimum atomic E-state index is -0.115. The number of carbonyl (C=O) groups excluding carboxylic acids is 1. The van der Waals surface area contributed by atoms with Gasteiger partial charge in [0.15, 0.2) is 0 Å². The number of carbonyl (C=O) groups is 1. The molecular formula is C10H18O3. The molecule has 0 saturated heterocycles. The van der Waals surface area contributed by atoms with E-state index in [1.54, 1.807) is 0 Å². The van der Waals surface area contributed by atoms with E-state index in [9.17, 15) is 4.79 Å². The predicted octanol–water partition coefficient (Wildman–Crippen LogP) is 1.49. The van der Waals surface area contributed by atoms with Gasteiger partial charge in [-0.3, -0.25) is 4.79 Å². The fourth-order valence-corrected chi connectivity index (χ4v) is 1.78. The highest BCUT2D eigenvalue weighted by atomic mass is 16.5. The van der Waals surface area contributed by atoms with Gasteiger partial charge < -0.3 is 9.84 Å². The molecule has 0 aromatic heterocycles. The van der Waals surface area contributed by atoms with Crippen LogP contribution in [0.1, 0.15) is 38.5 Å². The van der Waals surface area contributed by atoms with Gasteiger partial charge in [-0.1, -0.05) is 25.7 Å². The first-order valence-electron chi connectivity index (χ1n) is 5.12. The van der Waals surface area contributed by atoms with E-state index < -0.39 is 0 Å². The van der Waals surface area contributed by atoms with Gasteiger partial charge in [0.2, 0.25) is 0 Å². The predicted molar refractivity (Wildman–Crippen MR) is 49.2 cm³/mol. The molecule has 1 aliphatic carbocycles. The number of aliphatic hydroxyl groups is 1. The Labute approximate surface area is 79.1 Å². The zero-order chi connectivity index (χ0) is 9.52. The summed E-state index contributed by atoms with van der Waals surface area (Å²) in [6, 6.07) is 0. The third-order valence-corrected chi connectivity index (χ3v) is 2.52. The smallest absolute Gasteiger partial charge is 0.309 e. The number of esters is 1. The van der Waals surface area contributed by atoms with Crippen molar-refractivity contribution in [3.63, 3.8) is 0 Å². The summed E-state index contributed by atoms with van der Waals surface area (Å²) in [5, 5.41) is 8.49. The van der Waals surface area contributed by atoms with Gasteiger partial charge in [0, 0.05) is 0 Å². The highest BCUT2D eigenvalue weighted by molar-refractivity contribution is 5.72. The van der Waals surface area contributed by atoms with Gasteiger partial charge in [-0.2, -0.15) is 0 Å². The zero-order valence-electron chi connectivity index (χ0n) is 8.00. The average molecular weight is 186 g/mol. The van der Waals surface area contributed by atoms with E-state index in [2.05, 4.69) is 0 Å². The molecule has 0 aliphatic heterocycles. The maximum Gasteiger partial charge on any atom is 0.309 e. The SMILES string of the molecule is O=C(OCCO)C1CCCCCC1. The Morgan fingerprint density at radius 1 is 1.23 bits per heavy atom. The van der Waals surface area contributed by atoms with Gasteiger partial charge in [-0.05, 0) is 12.8 Å². The van der Waals surface area contributed by atoms with Crippen molar-refractivity contribution in [2.75, 3.05) is 13.2 Å². The molecule has 0 unspecified atom stereocenters. The Morgan fingerprint density at radius 2 is 1.85 bits per heavy atom. The normalized spacial score (nSPS) is 19.5. The Hall–Kier alpha value is -0.570. The molecule has 1 saturated carbocycles. The molecule has 1 N–H and O–H groups in total. The van der Waals surface area contributed by atoms with Crippen molar-refractivity contribution in [2.24, 2.45) is 5.92 Å². The lowest BCUT2D eigenvalue weighted by Gasteiger charge is -2.12. The van der Waals surface area contributed by atoms with Crippen LogP contribution in [0.3, 0.4) is 0 Å². The molecule has 13 heavy (non-hydrogen) atoms. The van der Waals surface area contributed by atoms with Crippen molar-refractivity contribution in [2.45, 2.75) is 38.5 Å². The van der Waals surface area contributed by atoms with Crippen molar-refractivity contribution in [3.05, 3.63) is 0 Å². The van der Waals surface area contributed by atoms with E-state index in [0.29, 0.717) is 0 Å². The standard InChI is InChI=1S/C10H18O3/c11-7-8-13-10(12)9-5-3-1-2-4-6-9/h9,11H,1-8H2. The molecule has 1 rings (SSSR count). The number of ether oxygens (including phenoxy) is 1. The third kappa shape index (κ3) is 3.77. The first kappa shape index (κ1) is 10.5. The fourth-order valence-electron chi connectivity index (χ4n) is 1.78.